The first-order chi connectivity index (χ1) is 15.3. The number of hydrogen-bond acceptors (Lipinski definition) is 6. The Labute approximate surface area is 197 Å². The van der Waals surface area contributed by atoms with E-state index >= 15 is 0 Å². The van der Waals surface area contributed by atoms with Crippen molar-refractivity contribution >= 4 is 39.3 Å². The fourth-order valence-corrected chi connectivity index (χ4v) is 5.40. The van der Waals surface area contributed by atoms with Crippen LogP contribution in [0.15, 0.2) is 71.3 Å². The van der Waals surface area contributed by atoms with Crippen LogP contribution in [0.4, 0.5) is 0 Å². The van der Waals surface area contributed by atoms with E-state index in [2.05, 4.69) is 20.9 Å². The van der Waals surface area contributed by atoms with Crippen molar-refractivity contribution in [3.63, 3.8) is 0 Å². The van der Waals surface area contributed by atoms with Gasteiger partial charge in [-0.2, -0.15) is 0 Å². The number of halogens is 2. The molecule has 0 spiro atoms. The highest BCUT2D eigenvalue weighted by molar-refractivity contribution is 9.10. The number of aromatic nitrogens is 1. The standard InChI is InChI=1S/C24H17BrClNO5/c1-31-21(28)20-19(13-5-3-2-4-6-13)24(14-7-9-15(25)10-8-14)22(29)23(20,30)16-12-27-18(26)11-17(16)32-24/h2-12,19-20,30H,1H3/t19?,20-,23-,24+/m0/s1. The minimum absolute atomic E-state index is 0.0912. The van der Waals surface area contributed by atoms with Crippen molar-refractivity contribution in [2.24, 2.45) is 5.92 Å². The maximum atomic E-state index is 14.1. The number of nitrogens with zero attached hydrogens (tertiary/aromatic N) is 1. The highest BCUT2D eigenvalue weighted by Gasteiger charge is 2.76. The van der Waals surface area contributed by atoms with E-state index < -0.39 is 34.8 Å². The van der Waals surface area contributed by atoms with E-state index in [-0.39, 0.29) is 16.5 Å². The number of hydrogen-bond donors (Lipinski definition) is 1. The quantitative estimate of drug-likeness (QED) is 0.418. The second-order valence-electron chi connectivity index (χ2n) is 7.83. The van der Waals surface area contributed by atoms with Gasteiger partial charge in [-0.1, -0.05) is 70.0 Å². The van der Waals surface area contributed by atoms with Gasteiger partial charge in [-0.25, -0.2) is 4.98 Å². The maximum absolute atomic E-state index is 14.1. The summed E-state index contributed by atoms with van der Waals surface area (Å²) in [7, 11) is 1.23. The van der Waals surface area contributed by atoms with Crippen molar-refractivity contribution in [3.05, 3.63) is 93.2 Å². The predicted molar refractivity (Wildman–Crippen MR) is 119 cm³/mol. The van der Waals surface area contributed by atoms with Gasteiger partial charge < -0.3 is 14.6 Å². The van der Waals surface area contributed by atoms with Crippen molar-refractivity contribution in [1.29, 1.82) is 0 Å². The third-order valence-electron chi connectivity index (χ3n) is 6.31. The van der Waals surface area contributed by atoms with Gasteiger partial charge in [-0.3, -0.25) is 9.59 Å². The molecule has 2 bridgehead atoms. The molecule has 1 unspecified atom stereocenters. The van der Waals surface area contributed by atoms with Crippen LogP contribution in [0.3, 0.4) is 0 Å². The summed E-state index contributed by atoms with van der Waals surface area (Å²) in [6.45, 7) is 0. The van der Waals surface area contributed by atoms with Crippen LogP contribution in [0.2, 0.25) is 5.15 Å². The summed E-state index contributed by atoms with van der Waals surface area (Å²) in [5.74, 6) is -3.31. The molecule has 2 aromatic carbocycles. The van der Waals surface area contributed by atoms with E-state index in [9.17, 15) is 14.7 Å². The van der Waals surface area contributed by atoms with Crippen LogP contribution in [-0.4, -0.2) is 29.0 Å². The Hall–Kier alpha value is -2.74. The summed E-state index contributed by atoms with van der Waals surface area (Å²) < 4.78 is 12.3. The van der Waals surface area contributed by atoms with E-state index in [1.54, 1.807) is 48.5 Å². The van der Waals surface area contributed by atoms with Crippen molar-refractivity contribution in [2.75, 3.05) is 7.11 Å². The third-order valence-corrected chi connectivity index (χ3v) is 7.04. The summed E-state index contributed by atoms with van der Waals surface area (Å²) in [4.78, 5) is 31.3. The highest BCUT2D eigenvalue weighted by atomic mass is 79.9. The van der Waals surface area contributed by atoms with Crippen LogP contribution in [0.1, 0.15) is 22.6 Å². The molecule has 1 aromatic heterocycles. The molecule has 162 valence electrons. The zero-order chi connectivity index (χ0) is 22.7. The van der Waals surface area contributed by atoms with Gasteiger partial charge in [-0.05, 0) is 17.7 Å². The number of carbonyl (C=O) groups excluding carboxylic acids is 2. The lowest BCUT2D eigenvalue weighted by Crippen LogP contribution is -2.51. The monoisotopic (exact) mass is 513 g/mol. The van der Waals surface area contributed by atoms with Crippen LogP contribution in [0.25, 0.3) is 0 Å². The fourth-order valence-electron chi connectivity index (χ4n) is 4.99. The Balaban J connectivity index is 1.89. The molecule has 6 nitrogen and oxygen atoms in total. The zero-order valence-corrected chi connectivity index (χ0v) is 19.1. The van der Waals surface area contributed by atoms with Gasteiger partial charge in [0.25, 0.3) is 0 Å². The minimum atomic E-state index is -2.22. The zero-order valence-electron chi connectivity index (χ0n) is 16.8. The molecular formula is C24H17BrClNO5. The van der Waals surface area contributed by atoms with Crippen molar-refractivity contribution in [1.82, 2.24) is 4.98 Å². The molecule has 2 aliphatic rings. The Morgan fingerprint density at radius 2 is 1.88 bits per heavy atom. The maximum Gasteiger partial charge on any atom is 0.313 e. The van der Waals surface area contributed by atoms with E-state index in [0.717, 1.165) is 4.47 Å². The average Bonchev–Trinajstić information content (AvgIpc) is 2.93. The second kappa shape index (κ2) is 7.40. The molecule has 0 radical (unpaired) electrons. The van der Waals surface area contributed by atoms with Crippen LogP contribution >= 0.6 is 27.5 Å². The Morgan fingerprint density at radius 3 is 2.53 bits per heavy atom. The number of fused-ring (bicyclic) bond motifs is 4. The molecule has 3 aromatic rings. The first-order valence-electron chi connectivity index (χ1n) is 9.85. The minimum Gasteiger partial charge on any atom is -0.473 e. The normalized spacial score (nSPS) is 28.1. The number of Topliss-reactive ketones (excluding diaryl/α,β-unsaturated/α-hetero) is 1. The number of carbonyl (C=O) groups is 2. The number of methoxy groups -OCH3 is 1. The molecule has 1 saturated carbocycles. The molecule has 1 fully saturated rings. The number of rotatable bonds is 3. The first-order valence-corrected chi connectivity index (χ1v) is 11.0. The topological polar surface area (TPSA) is 85.7 Å². The lowest BCUT2D eigenvalue weighted by atomic mass is 9.75. The average molecular weight is 515 g/mol. The number of benzene rings is 2. The Morgan fingerprint density at radius 1 is 1.19 bits per heavy atom. The summed E-state index contributed by atoms with van der Waals surface area (Å²) >= 11 is 9.52. The molecule has 4 atom stereocenters. The molecule has 2 heterocycles. The largest absolute Gasteiger partial charge is 0.473 e. The van der Waals surface area contributed by atoms with Gasteiger partial charge in [0.05, 0.1) is 18.6 Å². The Bertz CT molecular complexity index is 1230. The van der Waals surface area contributed by atoms with E-state index in [0.29, 0.717) is 11.1 Å². The molecule has 0 amide bonds. The van der Waals surface area contributed by atoms with Gasteiger partial charge >= 0.3 is 5.97 Å². The second-order valence-corrected chi connectivity index (χ2v) is 9.14. The smallest absolute Gasteiger partial charge is 0.313 e. The van der Waals surface area contributed by atoms with E-state index in [4.69, 9.17) is 21.1 Å². The van der Waals surface area contributed by atoms with Gasteiger partial charge in [-0.15, -0.1) is 0 Å². The molecule has 32 heavy (non-hydrogen) atoms. The summed E-state index contributed by atoms with van der Waals surface area (Å²) in [5, 5.41) is 12.1. The third kappa shape index (κ3) is 2.71. The first kappa shape index (κ1) is 21.1. The molecular weight excluding hydrogens is 498 g/mol. The van der Waals surface area contributed by atoms with Crippen molar-refractivity contribution in [3.8, 4) is 5.75 Å². The molecule has 1 aliphatic heterocycles. The van der Waals surface area contributed by atoms with Crippen molar-refractivity contribution < 1.29 is 24.2 Å². The molecule has 8 heteroatoms. The van der Waals surface area contributed by atoms with Crippen LogP contribution in [-0.2, 0) is 25.5 Å². The van der Waals surface area contributed by atoms with Gasteiger partial charge in [0, 0.05) is 22.3 Å². The molecule has 1 N–H and O–H groups in total. The van der Waals surface area contributed by atoms with Crippen LogP contribution in [0, 0.1) is 5.92 Å². The SMILES string of the molecule is COC(=O)[C@@H]1C(c2ccccc2)[C@@]2(c3ccc(Br)cc3)Oc3cc(Cl)ncc3[C@@]1(O)C2=O. The number of pyridine rings is 1. The van der Waals surface area contributed by atoms with E-state index in [1.807, 2.05) is 6.07 Å². The molecule has 1 aliphatic carbocycles. The summed E-state index contributed by atoms with van der Waals surface area (Å²) in [6, 6.07) is 17.5. The number of aliphatic hydroxyl groups is 1. The number of ketones is 1. The molecule has 0 saturated heterocycles. The summed E-state index contributed by atoms with van der Waals surface area (Å²) in [6.07, 6.45) is 1.28. The van der Waals surface area contributed by atoms with Crippen LogP contribution in [0.5, 0.6) is 5.75 Å². The molecule has 5 rings (SSSR count). The number of ether oxygens (including phenoxy) is 2. The van der Waals surface area contributed by atoms with Gasteiger partial charge in [0.15, 0.2) is 5.60 Å². The highest BCUT2D eigenvalue weighted by Crippen LogP contribution is 2.64. The Kier molecular flexibility index (Phi) is 4.89. The van der Waals surface area contributed by atoms with Gasteiger partial charge in [0.1, 0.15) is 16.8 Å². The lowest BCUT2D eigenvalue weighted by molar-refractivity contribution is -0.162. The van der Waals surface area contributed by atoms with Crippen LogP contribution < -0.4 is 4.74 Å². The van der Waals surface area contributed by atoms with E-state index in [1.165, 1.54) is 19.4 Å². The van der Waals surface area contributed by atoms with Crippen molar-refractivity contribution in [2.45, 2.75) is 17.1 Å². The predicted octanol–water partition coefficient (Wildman–Crippen LogP) is 4.13. The lowest BCUT2D eigenvalue weighted by Gasteiger charge is -2.39. The van der Waals surface area contributed by atoms with Gasteiger partial charge in [0.2, 0.25) is 11.4 Å². The summed E-state index contributed by atoms with van der Waals surface area (Å²) in [5.41, 5.74) is -2.66. The number of esters is 1. The fraction of sp³-hybridized carbons (Fsp3) is 0.208.